The molecule has 2 rings (SSSR count). The Bertz CT molecular complexity index is 343. The van der Waals surface area contributed by atoms with Crippen molar-refractivity contribution in [1.29, 1.82) is 0 Å². The van der Waals surface area contributed by atoms with Crippen molar-refractivity contribution in [1.82, 2.24) is 10.3 Å². The fourth-order valence-corrected chi connectivity index (χ4v) is 3.23. The Kier molecular flexibility index (Phi) is 2.59. The molecule has 1 aliphatic heterocycles. The maximum atomic E-state index is 10.9. The maximum absolute atomic E-state index is 10.9. The SMILES string of the molecule is O=C1NC(c2ncc(Br)s2)SC1O. The fourth-order valence-electron chi connectivity index (χ4n) is 0.933. The predicted octanol–water partition coefficient (Wildman–Crippen LogP) is 1.09. The van der Waals surface area contributed by atoms with Crippen LogP contribution in [0.15, 0.2) is 9.98 Å². The quantitative estimate of drug-likeness (QED) is 0.808. The molecule has 2 unspecified atom stereocenters. The highest BCUT2D eigenvalue weighted by Gasteiger charge is 2.33. The molecule has 0 aliphatic carbocycles. The molecular weight excluding hydrogens is 276 g/mol. The van der Waals surface area contributed by atoms with Crippen molar-refractivity contribution < 1.29 is 9.90 Å². The number of aromatic nitrogens is 1. The van der Waals surface area contributed by atoms with E-state index in [-0.39, 0.29) is 11.3 Å². The molecule has 0 bridgehead atoms. The number of aliphatic hydroxyl groups excluding tert-OH is 1. The Hall–Kier alpha value is -0.110. The molecule has 13 heavy (non-hydrogen) atoms. The van der Waals surface area contributed by atoms with Crippen LogP contribution in [0.4, 0.5) is 0 Å². The van der Waals surface area contributed by atoms with Crippen LogP contribution < -0.4 is 5.32 Å². The number of carbonyl (C=O) groups excluding carboxylic acids is 1. The molecule has 0 aromatic carbocycles. The van der Waals surface area contributed by atoms with Gasteiger partial charge in [0.25, 0.3) is 5.91 Å². The van der Waals surface area contributed by atoms with Crippen molar-refractivity contribution in [3.05, 3.63) is 15.0 Å². The largest absolute Gasteiger partial charge is 0.373 e. The van der Waals surface area contributed by atoms with E-state index in [2.05, 4.69) is 26.2 Å². The van der Waals surface area contributed by atoms with E-state index >= 15 is 0 Å². The number of nitrogens with zero attached hydrogens (tertiary/aromatic N) is 1. The van der Waals surface area contributed by atoms with Gasteiger partial charge >= 0.3 is 0 Å². The van der Waals surface area contributed by atoms with Crippen LogP contribution in [0.3, 0.4) is 0 Å². The smallest absolute Gasteiger partial charge is 0.260 e. The van der Waals surface area contributed by atoms with Gasteiger partial charge in [-0.05, 0) is 15.9 Å². The minimum Gasteiger partial charge on any atom is -0.373 e. The second-order valence-electron chi connectivity index (χ2n) is 2.38. The fraction of sp³-hybridized carbons (Fsp3) is 0.333. The monoisotopic (exact) mass is 280 g/mol. The van der Waals surface area contributed by atoms with Crippen LogP contribution in [0.2, 0.25) is 0 Å². The number of amides is 1. The van der Waals surface area contributed by atoms with E-state index in [4.69, 9.17) is 5.11 Å². The summed E-state index contributed by atoms with van der Waals surface area (Å²) < 4.78 is 0.915. The molecule has 0 saturated carbocycles. The van der Waals surface area contributed by atoms with Crippen molar-refractivity contribution in [3.8, 4) is 0 Å². The molecule has 0 radical (unpaired) electrons. The molecule has 1 aromatic heterocycles. The Morgan fingerprint density at radius 3 is 2.92 bits per heavy atom. The Labute approximate surface area is 90.9 Å². The minimum atomic E-state index is -0.965. The molecule has 2 atom stereocenters. The van der Waals surface area contributed by atoms with Crippen LogP contribution in [0.1, 0.15) is 10.4 Å². The summed E-state index contributed by atoms with van der Waals surface area (Å²) in [6.07, 6.45) is 1.68. The Morgan fingerprint density at radius 2 is 2.46 bits per heavy atom. The normalized spacial score (nSPS) is 27.7. The van der Waals surface area contributed by atoms with E-state index in [0.717, 1.165) is 20.6 Å². The van der Waals surface area contributed by atoms with Crippen LogP contribution in [-0.2, 0) is 4.79 Å². The van der Waals surface area contributed by atoms with Crippen molar-refractivity contribution in [2.24, 2.45) is 0 Å². The van der Waals surface area contributed by atoms with Gasteiger partial charge in [0.15, 0.2) is 5.44 Å². The highest BCUT2D eigenvalue weighted by atomic mass is 79.9. The van der Waals surface area contributed by atoms with Gasteiger partial charge < -0.3 is 10.4 Å². The van der Waals surface area contributed by atoms with Crippen LogP contribution in [0, 0.1) is 0 Å². The predicted molar refractivity (Wildman–Crippen MR) is 54.3 cm³/mol. The minimum absolute atomic E-state index is 0.209. The molecule has 2 N–H and O–H groups in total. The van der Waals surface area contributed by atoms with Crippen molar-refractivity contribution in [2.45, 2.75) is 10.8 Å². The third kappa shape index (κ3) is 1.88. The highest BCUT2D eigenvalue weighted by Crippen LogP contribution is 2.37. The summed E-state index contributed by atoms with van der Waals surface area (Å²) in [5, 5.41) is 12.4. The molecule has 7 heteroatoms. The molecule has 1 aliphatic rings. The van der Waals surface area contributed by atoms with E-state index in [1.165, 1.54) is 11.3 Å². The molecular formula is C6H5BrN2O2S2. The zero-order valence-corrected chi connectivity index (χ0v) is 9.45. The summed E-state index contributed by atoms with van der Waals surface area (Å²) in [7, 11) is 0. The Morgan fingerprint density at radius 1 is 1.69 bits per heavy atom. The van der Waals surface area contributed by atoms with Gasteiger partial charge in [-0.1, -0.05) is 11.8 Å². The van der Waals surface area contributed by atoms with Crippen LogP contribution in [0.5, 0.6) is 0 Å². The number of halogens is 1. The molecule has 1 aromatic rings. The second kappa shape index (κ2) is 3.56. The third-order valence-corrected chi connectivity index (χ3v) is 4.26. The van der Waals surface area contributed by atoms with E-state index in [9.17, 15) is 4.79 Å². The number of rotatable bonds is 1. The van der Waals surface area contributed by atoms with E-state index in [0.29, 0.717) is 0 Å². The zero-order chi connectivity index (χ0) is 9.42. The number of hydrogen-bond acceptors (Lipinski definition) is 5. The Balaban J connectivity index is 2.16. The number of nitrogens with one attached hydrogen (secondary N) is 1. The summed E-state index contributed by atoms with van der Waals surface area (Å²) in [6, 6.07) is 0. The lowest BCUT2D eigenvalue weighted by molar-refractivity contribution is -0.124. The van der Waals surface area contributed by atoms with Gasteiger partial charge in [0.1, 0.15) is 10.4 Å². The van der Waals surface area contributed by atoms with Gasteiger partial charge in [-0.15, -0.1) is 11.3 Å². The van der Waals surface area contributed by atoms with Crippen molar-refractivity contribution >= 4 is 44.9 Å². The second-order valence-corrected chi connectivity index (χ2v) is 6.01. The summed E-state index contributed by atoms with van der Waals surface area (Å²) in [6.45, 7) is 0. The van der Waals surface area contributed by atoms with E-state index in [1.807, 2.05) is 0 Å². The molecule has 1 saturated heterocycles. The standard InChI is InChI=1S/C6H5BrN2O2S2/c7-2-1-8-4(12-2)5-9-3(10)6(11)13-5/h1,5-6,11H,(H,9,10). The molecule has 1 fully saturated rings. The first-order valence-corrected chi connectivity index (χ1v) is 5.97. The van der Waals surface area contributed by atoms with Gasteiger partial charge in [-0.3, -0.25) is 4.79 Å². The van der Waals surface area contributed by atoms with E-state index < -0.39 is 5.44 Å². The van der Waals surface area contributed by atoms with Crippen LogP contribution in [-0.4, -0.2) is 21.4 Å². The number of hydrogen-bond donors (Lipinski definition) is 2. The summed E-state index contributed by atoms with van der Waals surface area (Å²) in [5.74, 6) is -0.346. The molecule has 2 heterocycles. The number of thioether (sulfide) groups is 1. The lowest BCUT2D eigenvalue weighted by atomic mass is 10.6. The topological polar surface area (TPSA) is 62.2 Å². The molecule has 70 valence electrons. The summed E-state index contributed by atoms with van der Waals surface area (Å²) >= 11 is 5.89. The van der Waals surface area contributed by atoms with Gasteiger partial charge in [0, 0.05) is 0 Å². The first kappa shape index (κ1) is 9.45. The van der Waals surface area contributed by atoms with Crippen LogP contribution >= 0.6 is 39.0 Å². The molecule has 0 spiro atoms. The molecule has 1 amide bonds. The average molecular weight is 281 g/mol. The zero-order valence-electron chi connectivity index (χ0n) is 6.23. The number of carbonyl (C=O) groups is 1. The van der Waals surface area contributed by atoms with Gasteiger partial charge in [-0.25, -0.2) is 4.98 Å². The first-order valence-electron chi connectivity index (χ1n) is 3.42. The van der Waals surface area contributed by atoms with Crippen molar-refractivity contribution in [3.63, 3.8) is 0 Å². The summed E-state index contributed by atoms with van der Waals surface area (Å²) in [5.41, 5.74) is -0.965. The van der Waals surface area contributed by atoms with Crippen LogP contribution in [0.25, 0.3) is 0 Å². The first-order chi connectivity index (χ1) is 6.16. The van der Waals surface area contributed by atoms with Gasteiger partial charge in [0.05, 0.1) is 9.98 Å². The average Bonchev–Trinajstić information content (AvgIpc) is 2.61. The lowest BCUT2D eigenvalue weighted by Gasteiger charge is -2.02. The number of thiazole rings is 1. The third-order valence-electron chi connectivity index (χ3n) is 1.48. The van der Waals surface area contributed by atoms with Gasteiger partial charge in [0.2, 0.25) is 0 Å². The van der Waals surface area contributed by atoms with Gasteiger partial charge in [-0.2, -0.15) is 0 Å². The summed E-state index contributed by atoms with van der Waals surface area (Å²) in [4.78, 5) is 15.0. The molecule has 4 nitrogen and oxygen atoms in total. The van der Waals surface area contributed by atoms with Crippen molar-refractivity contribution in [2.75, 3.05) is 0 Å². The highest BCUT2D eigenvalue weighted by molar-refractivity contribution is 9.11. The number of aliphatic hydroxyl groups is 1. The van der Waals surface area contributed by atoms with E-state index in [1.54, 1.807) is 6.20 Å². The lowest BCUT2D eigenvalue weighted by Crippen LogP contribution is -2.23. The maximum Gasteiger partial charge on any atom is 0.260 e.